The number of aromatic amines is 1. The normalized spacial score (nSPS) is 27.8. The van der Waals surface area contributed by atoms with Crippen LogP contribution in [-0.4, -0.2) is 21.5 Å². The number of rotatable bonds is 2. The lowest BCUT2D eigenvalue weighted by Crippen LogP contribution is -2.39. The number of nitrogens with zero attached hydrogens (tertiary/aromatic N) is 2. The largest absolute Gasteiger partial charge is 0.384 e. The van der Waals surface area contributed by atoms with Gasteiger partial charge in [0.25, 0.3) is 0 Å². The number of pyridine rings is 1. The highest BCUT2D eigenvalue weighted by molar-refractivity contribution is 5.72. The second-order valence-electron chi connectivity index (χ2n) is 5.86. The minimum Gasteiger partial charge on any atom is -0.384 e. The van der Waals surface area contributed by atoms with Crippen molar-refractivity contribution >= 4 is 17.0 Å². The van der Waals surface area contributed by atoms with Crippen molar-refractivity contribution in [1.29, 1.82) is 0 Å². The molecule has 5 N–H and O–H groups in total. The SMILES string of the molecule is CC1CCC(CN)(c2nc3nc(N)ccc3[nH]2)CC1. The molecule has 0 saturated heterocycles. The summed E-state index contributed by atoms with van der Waals surface area (Å²) in [6.07, 6.45) is 4.62. The van der Waals surface area contributed by atoms with E-state index in [1.807, 2.05) is 6.07 Å². The predicted octanol–water partition coefficient (Wildman–Crippen LogP) is 1.95. The summed E-state index contributed by atoms with van der Waals surface area (Å²) in [6, 6.07) is 3.73. The van der Waals surface area contributed by atoms with Crippen molar-refractivity contribution in [2.75, 3.05) is 12.3 Å². The van der Waals surface area contributed by atoms with Crippen LogP contribution in [0.1, 0.15) is 38.4 Å². The van der Waals surface area contributed by atoms with Crippen LogP contribution in [-0.2, 0) is 5.41 Å². The zero-order valence-electron chi connectivity index (χ0n) is 11.3. The highest BCUT2D eigenvalue weighted by Crippen LogP contribution is 2.40. The number of hydrogen-bond acceptors (Lipinski definition) is 4. The molecular formula is C14H21N5. The maximum absolute atomic E-state index is 6.06. The van der Waals surface area contributed by atoms with Gasteiger partial charge in [0.1, 0.15) is 11.6 Å². The van der Waals surface area contributed by atoms with E-state index in [-0.39, 0.29) is 5.41 Å². The minimum absolute atomic E-state index is 0.0119. The van der Waals surface area contributed by atoms with Gasteiger partial charge < -0.3 is 16.5 Å². The number of H-pyrrole nitrogens is 1. The van der Waals surface area contributed by atoms with E-state index < -0.39 is 0 Å². The molecular weight excluding hydrogens is 238 g/mol. The maximum atomic E-state index is 6.06. The van der Waals surface area contributed by atoms with Crippen LogP contribution < -0.4 is 11.5 Å². The van der Waals surface area contributed by atoms with Crippen LogP contribution in [0, 0.1) is 5.92 Å². The molecule has 102 valence electrons. The number of nitrogens with two attached hydrogens (primary N) is 2. The number of fused-ring (bicyclic) bond motifs is 1. The lowest BCUT2D eigenvalue weighted by Gasteiger charge is -2.36. The average molecular weight is 259 g/mol. The van der Waals surface area contributed by atoms with E-state index in [2.05, 4.69) is 21.9 Å². The maximum Gasteiger partial charge on any atom is 0.179 e. The van der Waals surface area contributed by atoms with Crippen molar-refractivity contribution in [2.45, 2.75) is 38.0 Å². The smallest absolute Gasteiger partial charge is 0.179 e. The number of aromatic nitrogens is 3. The standard InChI is InChI=1S/C14H21N5/c1-9-4-6-14(8-15,7-5-9)13-17-10-2-3-11(16)18-12(10)19-13/h2-3,9H,4-8,15H2,1H3,(H3,16,17,18,19). The number of hydrogen-bond donors (Lipinski definition) is 3. The third kappa shape index (κ3) is 2.08. The first-order valence-corrected chi connectivity index (χ1v) is 6.96. The molecule has 2 aromatic heterocycles. The van der Waals surface area contributed by atoms with Gasteiger partial charge in [0, 0.05) is 12.0 Å². The molecule has 1 saturated carbocycles. The molecule has 2 heterocycles. The van der Waals surface area contributed by atoms with Crippen LogP contribution >= 0.6 is 0 Å². The summed E-state index contributed by atoms with van der Waals surface area (Å²) in [5, 5.41) is 0. The molecule has 0 bridgehead atoms. The van der Waals surface area contributed by atoms with Crippen molar-refractivity contribution < 1.29 is 0 Å². The molecule has 0 amide bonds. The van der Waals surface area contributed by atoms with Gasteiger partial charge in [-0.3, -0.25) is 0 Å². The summed E-state index contributed by atoms with van der Waals surface area (Å²) >= 11 is 0. The first-order valence-electron chi connectivity index (χ1n) is 6.96. The molecule has 1 aliphatic rings. The van der Waals surface area contributed by atoms with E-state index >= 15 is 0 Å². The van der Waals surface area contributed by atoms with E-state index in [9.17, 15) is 0 Å². The molecule has 1 fully saturated rings. The summed E-state index contributed by atoms with van der Waals surface area (Å²) in [5.41, 5.74) is 13.4. The molecule has 0 aromatic carbocycles. The fraction of sp³-hybridized carbons (Fsp3) is 0.571. The Bertz CT molecular complexity index is 581. The molecule has 19 heavy (non-hydrogen) atoms. The molecule has 2 aromatic rings. The lowest BCUT2D eigenvalue weighted by molar-refractivity contribution is 0.238. The monoisotopic (exact) mass is 259 g/mol. The molecule has 1 aliphatic carbocycles. The molecule has 0 aliphatic heterocycles. The number of imidazole rings is 1. The van der Waals surface area contributed by atoms with E-state index in [4.69, 9.17) is 11.5 Å². The summed E-state index contributed by atoms with van der Waals surface area (Å²) < 4.78 is 0. The van der Waals surface area contributed by atoms with Gasteiger partial charge in [-0.15, -0.1) is 0 Å². The Hall–Kier alpha value is -1.62. The minimum atomic E-state index is -0.0119. The Morgan fingerprint density at radius 2 is 2.05 bits per heavy atom. The number of nitrogen functional groups attached to an aromatic ring is 1. The second-order valence-corrected chi connectivity index (χ2v) is 5.86. The topological polar surface area (TPSA) is 93.6 Å². The van der Waals surface area contributed by atoms with Gasteiger partial charge in [-0.25, -0.2) is 9.97 Å². The zero-order valence-corrected chi connectivity index (χ0v) is 11.3. The highest BCUT2D eigenvalue weighted by Gasteiger charge is 2.37. The molecule has 5 heteroatoms. The van der Waals surface area contributed by atoms with E-state index in [1.165, 1.54) is 12.8 Å². The highest BCUT2D eigenvalue weighted by atomic mass is 15.0. The van der Waals surface area contributed by atoms with E-state index in [1.54, 1.807) is 6.07 Å². The van der Waals surface area contributed by atoms with Gasteiger partial charge in [0.15, 0.2) is 5.65 Å². The Morgan fingerprint density at radius 3 is 2.74 bits per heavy atom. The van der Waals surface area contributed by atoms with Gasteiger partial charge in [0.05, 0.1) is 5.52 Å². The van der Waals surface area contributed by atoms with E-state index in [0.717, 1.165) is 30.1 Å². The Labute approximate surface area is 112 Å². The third-order valence-corrected chi connectivity index (χ3v) is 4.49. The van der Waals surface area contributed by atoms with Crippen molar-refractivity contribution in [3.05, 3.63) is 18.0 Å². The zero-order chi connectivity index (χ0) is 13.5. The average Bonchev–Trinajstić information content (AvgIpc) is 2.83. The van der Waals surface area contributed by atoms with Crippen LogP contribution in [0.5, 0.6) is 0 Å². The molecule has 0 unspecified atom stereocenters. The lowest BCUT2D eigenvalue weighted by atomic mass is 9.70. The summed E-state index contributed by atoms with van der Waals surface area (Å²) in [5.74, 6) is 2.28. The Balaban J connectivity index is 2.01. The first-order chi connectivity index (χ1) is 9.13. The molecule has 3 rings (SSSR count). The van der Waals surface area contributed by atoms with E-state index in [0.29, 0.717) is 18.0 Å². The Morgan fingerprint density at radius 1 is 1.32 bits per heavy atom. The fourth-order valence-electron chi connectivity index (χ4n) is 3.01. The van der Waals surface area contributed by atoms with Crippen LogP contribution in [0.4, 0.5) is 5.82 Å². The molecule has 0 radical (unpaired) electrons. The van der Waals surface area contributed by atoms with Crippen molar-refractivity contribution in [1.82, 2.24) is 15.0 Å². The molecule has 0 atom stereocenters. The Kier molecular flexibility index (Phi) is 2.93. The van der Waals surface area contributed by atoms with Gasteiger partial charge in [-0.05, 0) is 43.7 Å². The van der Waals surface area contributed by atoms with Gasteiger partial charge in [-0.1, -0.05) is 6.92 Å². The third-order valence-electron chi connectivity index (χ3n) is 4.49. The quantitative estimate of drug-likeness (QED) is 0.768. The van der Waals surface area contributed by atoms with Crippen LogP contribution in [0.2, 0.25) is 0 Å². The summed E-state index contributed by atoms with van der Waals surface area (Å²) in [4.78, 5) is 12.3. The van der Waals surface area contributed by atoms with Crippen LogP contribution in [0.25, 0.3) is 11.2 Å². The number of anilines is 1. The molecule has 0 spiro atoms. The number of nitrogens with one attached hydrogen (secondary N) is 1. The van der Waals surface area contributed by atoms with Gasteiger partial charge >= 0.3 is 0 Å². The van der Waals surface area contributed by atoms with Crippen molar-refractivity contribution in [2.24, 2.45) is 11.7 Å². The van der Waals surface area contributed by atoms with Crippen molar-refractivity contribution in [3.63, 3.8) is 0 Å². The molecule has 5 nitrogen and oxygen atoms in total. The summed E-state index contributed by atoms with van der Waals surface area (Å²) in [7, 11) is 0. The predicted molar refractivity (Wildman–Crippen MR) is 76.7 cm³/mol. The van der Waals surface area contributed by atoms with Crippen LogP contribution in [0.15, 0.2) is 12.1 Å². The summed E-state index contributed by atoms with van der Waals surface area (Å²) in [6.45, 7) is 2.94. The fourth-order valence-corrected chi connectivity index (χ4v) is 3.01. The van der Waals surface area contributed by atoms with Gasteiger partial charge in [0.2, 0.25) is 0 Å². The first kappa shape index (κ1) is 12.4. The van der Waals surface area contributed by atoms with Crippen molar-refractivity contribution in [3.8, 4) is 0 Å². The van der Waals surface area contributed by atoms with Crippen LogP contribution in [0.3, 0.4) is 0 Å². The van der Waals surface area contributed by atoms with Gasteiger partial charge in [-0.2, -0.15) is 0 Å². The second kappa shape index (κ2) is 4.49.